The van der Waals surface area contributed by atoms with E-state index in [1.165, 1.54) is 24.3 Å². The Morgan fingerprint density at radius 1 is 1.11 bits per heavy atom. The van der Waals surface area contributed by atoms with Crippen molar-refractivity contribution in [3.8, 4) is 0 Å². The van der Waals surface area contributed by atoms with Crippen molar-refractivity contribution in [2.75, 3.05) is 13.2 Å². The number of hydrogen-bond acceptors (Lipinski definition) is 4. The van der Waals surface area contributed by atoms with Crippen LogP contribution in [0.25, 0.3) is 0 Å². The Labute approximate surface area is 111 Å². The molecular formula is C14H17FO4. The van der Waals surface area contributed by atoms with E-state index in [9.17, 15) is 14.0 Å². The third-order valence-corrected chi connectivity index (χ3v) is 2.40. The highest BCUT2D eigenvalue weighted by atomic mass is 19.1. The summed E-state index contributed by atoms with van der Waals surface area (Å²) in [5, 5.41) is 0. The van der Waals surface area contributed by atoms with Crippen LogP contribution in [0.15, 0.2) is 24.3 Å². The SMILES string of the molecule is CCOC(OCC)C(=O)CC(=O)c1ccc(F)cc1. The van der Waals surface area contributed by atoms with Gasteiger partial charge in [-0.3, -0.25) is 9.59 Å². The summed E-state index contributed by atoms with van der Waals surface area (Å²) in [6.07, 6.45) is -1.34. The Kier molecular flexibility index (Phi) is 6.32. The molecule has 0 spiro atoms. The second-order valence-corrected chi connectivity index (χ2v) is 3.82. The molecule has 0 unspecified atom stereocenters. The van der Waals surface area contributed by atoms with Gasteiger partial charge in [-0.05, 0) is 38.1 Å². The molecule has 19 heavy (non-hydrogen) atoms. The maximum atomic E-state index is 12.7. The molecule has 0 aromatic heterocycles. The van der Waals surface area contributed by atoms with Crippen LogP contribution in [-0.2, 0) is 14.3 Å². The molecule has 4 nitrogen and oxygen atoms in total. The lowest BCUT2D eigenvalue weighted by Crippen LogP contribution is -2.29. The largest absolute Gasteiger partial charge is 0.346 e. The zero-order valence-electron chi connectivity index (χ0n) is 11.0. The number of rotatable bonds is 8. The van der Waals surface area contributed by atoms with Crippen molar-refractivity contribution in [2.45, 2.75) is 26.6 Å². The van der Waals surface area contributed by atoms with E-state index >= 15 is 0 Å². The first-order valence-electron chi connectivity index (χ1n) is 6.13. The Bertz CT molecular complexity index is 422. The zero-order valence-corrected chi connectivity index (χ0v) is 11.0. The topological polar surface area (TPSA) is 52.6 Å². The molecular weight excluding hydrogens is 251 g/mol. The molecule has 5 heteroatoms. The van der Waals surface area contributed by atoms with E-state index in [1.807, 2.05) is 0 Å². The first-order chi connectivity index (χ1) is 9.08. The van der Waals surface area contributed by atoms with Gasteiger partial charge in [0.15, 0.2) is 11.6 Å². The van der Waals surface area contributed by atoms with E-state index in [2.05, 4.69) is 0 Å². The Balaban J connectivity index is 2.64. The van der Waals surface area contributed by atoms with E-state index in [1.54, 1.807) is 13.8 Å². The number of ketones is 2. The second-order valence-electron chi connectivity index (χ2n) is 3.82. The molecule has 0 aliphatic rings. The average Bonchev–Trinajstić information content (AvgIpc) is 2.39. The number of benzene rings is 1. The number of hydrogen-bond donors (Lipinski definition) is 0. The third-order valence-electron chi connectivity index (χ3n) is 2.40. The molecule has 0 aliphatic carbocycles. The molecule has 0 amide bonds. The van der Waals surface area contributed by atoms with Crippen molar-refractivity contribution in [2.24, 2.45) is 0 Å². The highest BCUT2D eigenvalue weighted by Gasteiger charge is 2.22. The molecule has 0 fully saturated rings. The molecule has 0 heterocycles. The van der Waals surface area contributed by atoms with Gasteiger partial charge in [0.1, 0.15) is 5.82 Å². The van der Waals surface area contributed by atoms with Crippen molar-refractivity contribution in [1.29, 1.82) is 0 Å². The highest BCUT2D eigenvalue weighted by molar-refractivity contribution is 6.08. The van der Waals surface area contributed by atoms with Crippen LogP contribution in [0.5, 0.6) is 0 Å². The lowest BCUT2D eigenvalue weighted by molar-refractivity contribution is -0.166. The zero-order chi connectivity index (χ0) is 14.3. The molecule has 0 saturated heterocycles. The molecule has 1 aromatic carbocycles. The summed E-state index contributed by atoms with van der Waals surface area (Å²) >= 11 is 0. The van der Waals surface area contributed by atoms with Crippen LogP contribution in [-0.4, -0.2) is 31.1 Å². The van der Waals surface area contributed by atoms with Crippen molar-refractivity contribution in [3.63, 3.8) is 0 Å². The maximum absolute atomic E-state index is 12.7. The lowest BCUT2D eigenvalue weighted by Gasteiger charge is -2.15. The van der Waals surface area contributed by atoms with Crippen LogP contribution < -0.4 is 0 Å². The van der Waals surface area contributed by atoms with Gasteiger partial charge in [-0.1, -0.05) is 0 Å². The Morgan fingerprint density at radius 3 is 2.11 bits per heavy atom. The minimum absolute atomic E-state index is 0.293. The van der Waals surface area contributed by atoms with Crippen LogP contribution in [0.4, 0.5) is 4.39 Å². The van der Waals surface area contributed by atoms with Gasteiger partial charge in [0.05, 0.1) is 6.42 Å². The van der Waals surface area contributed by atoms with Crippen molar-refractivity contribution in [3.05, 3.63) is 35.6 Å². The van der Waals surface area contributed by atoms with Crippen LogP contribution in [0, 0.1) is 5.82 Å². The number of Topliss-reactive ketones (excluding diaryl/α,β-unsaturated/α-hetero) is 2. The van der Waals surface area contributed by atoms with Gasteiger partial charge in [-0.25, -0.2) is 4.39 Å². The van der Waals surface area contributed by atoms with Gasteiger partial charge < -0.3 is 9.47 Å². The summed E-state index contributed by atoms with van der Waals surface area (Å²) in [5.41, 5.74) is 0.293. The summed E-state index contributed by atoms with van der Waals surface area (Å²) < 4.78 is 23.0. The number of ether oxygens (including phenoxy) is 2. The second kappa shape index (κ2) is 7.76. The molecule has 104 valence electrons. The van der Waals surface area contributed by atoms with E-state index < -0.39 is 17.9 Å². The normalized spacial score (nSPS) is 10.7. The molecule has 1 aromatic rings. The summed E-state index contributed by atoms with van der Waals surface area (Å²) in [6, 6.07) is 5.06. The number of carbonyl (C=O) groups is 2. The minimum atomic E-state index is -1.01. The quantitative estimate of drug-likeness (QED) is 0.412. The molecule has 0 radical (unpaired) electrons. The maximum Gasteiger partial charge on any atom is 0.218 e. The van der Waals surface area contributed by atoms with Gasteiger partial charge in [-0.15, -0.1) is 0 Å². The first kappa shape index (κ1) is 15.5. The van der Waals surface area contributed by atoms with E-state index in [4.69, 9.17) is 9.47 Å². The summed E-state index contributed by atoms with van der Waals surface area (Å²) in [7, 11) is 0. The number of carbonyl (C=O) groups excluding carboxylic acids is 2. The van der Waals surface area contributed by atoms with Gasteiger partial charge in [0.2, 0.25) is 6.29 Å². The van der Waals surface area contributed by atoms with Crippen LogP contribution in [0.1, 0.15) is 30.6 Å². The third kappa shape index (κ3) is 4.89. The standard InChI is InChI=1S/C14H17FO4/c1-3-18-14(19-4-2)13(17)9-12(16)10-5-7-11(15)8-6-10/h5-8,14H,3-4,9H2,1-2H3. The predicted octanol–water partition coefficient (Wildman–Crippen LogP) is 2.37. The summed E-state index contributed by atoms with van der Waals surface area (Å²) in [6.45, 7) is 4.12. The van der Waals surface area contributed by atoms with E-state index in [0.29, 0.717) is 18.8 Å². The molecule has 0 atom stereocenters. The summed E-state index contributed by atoms with van der Waals surface area (Å²) in [4.78, 5) is 23.7. The van der Waals surface area contributed by atoms with E-state index in [0.717, 1.165) is 0 Å². The minimum Gasteiger partial charge on any atom is -0.346 e. The predicted molar refractivity (Wildman–Crippen MR) is 67.4 cm³/mol. The van der Waals surface area contributed by atoms with Crippen LogP contribution in [0.3, 0.4) is 0 Å². The smallest absolute Gasteiger partial charge is 0.218 e. The number of halogens is 1. The molecule has 1 rings (SSSR count). The summed E-state index contributed by atoms with van der Waals surface area (Å²) in [5.74, 6) is -1.24. The molecule has 0 aliphatic heterocycles. The molecule has 0 saturated carbocycles. The fraction of sp³-hybridized carbons (Fsp3) is 0.429. The Morgan fingerprint density at radius 2 is 1.63 bits per heavy atom. The fourth-order valence-electron chi connectivity index (χ4n) is 1.52. The van der Waals surface area contributed by atoms with E-state index in [-0.39, 0.29) is 12.2 Å². The monoisotopic (exact) mass is 268 g/mol. The van der Waals surface area contributed by atoms with Gasteiger partial charge in [-0.2, -0.15) is 0 Å². The van der Waals surface area contributed by atoms with Crippen molar-refractivity contribution >= 4 is 11.6 Å². The fourth-order valence-corrected chi connectivity index (χ4v) is 1.52. The first-order valence-corrected chi connectivity index (χ1v) is 6.13. The highest BCUT2D eigenvalue weighted by Crippen LogP contribution is 2.09. The van der Waals surface area contributed by atoms with Crippen LogP contribution in [0.2, 0.25) is 0 Å². The lowest BCUT2D eigenvalue weighted by atomic mass is 10.1. The van der Waals surface area contributed by atoms with Crippen molar-refractivity contribution < 1.29 is 23.5 Å². The molecule has 0 N–H and O–H groups in total. The van der Waals surface area contributed by atoms with Gasteiger partial charge in [0.25, 0.3) is 0 Å². The van der Waals surface area contributed by atoms with Gasteiger partial charge >= 0.3 is 0 Å². The molecule has 0 bridgehead atoms. The van der Waals surface area contributed by atoms with Gasteiger partial charge in [0, 0.05) is 18.8 Å². The average molecular weight is 268 g/mol. The Hall–Kier alpha value is -1.59. The van der Waals surface area contributed by atoms with Crippen molar-refractivity contribution in [1.82, 2.24) is 0 Å². The van der Waals surface area contributed by atoms with Crippen LogP contribution >= 0.6 is 0 Å².